The van der Waals surface area contributed by atoms with Gasteiger partial charge in [0.1, 0.15) is 0 Å². The van der Waals surface area contributed by atoms with E-state index in [-0.39, 0.29) is 5.97 Å². The number of nitrogens with zero attached hydrogens (tertiary/aromatic N) is 1. The minimum absolute atomic E-state index is 0.359. The van der Waals surface area contributed by atoms with Gasteiger partial charge in [-0.1, -0.05) is 29.8 Å². The van der Waals surface area contributed by atoms with Crippen molar-refractivity contribution >= 4 is 17.9 Å². The van der Waals surface area contributed by atoms with Gasteiger partial charge < -0.3 is 4.74 Å². The van der Waals surface area contributed by atoms with E-state index >= 15 is 0 Å². The minimum atomic E-state index is -0.381. The van der Waals surface area contributed by atoms with Crippen molar-refractivity contribution in [2.75, 3.05) is 0 Å². The fraction of sp³-hybridized carbons (Fsp3) is 0.167. The molecular weight excluding hydrogens is 190 g/mol. The lowest BCUT2D eigenvalue weighted by molar-refractivity contribution is -0.130. The quantitative estimate of drug-likeness (QED) is 0.516. The van der Waals surface area contributed by atoms with E-state index in [4.69, 9.17) is 4.74 Å². The Bertz CT molecular complexity index is 472. The van der Waals surface area contributed by atoms with Crippen molar-refractivity contribution in [1.82, 2.24) is 0 Å². The molecule has 2 rings (SSSR count). The molecular formula is C12H11NO2. The van der Waals surface area contributed by atoms with Crippen molar-refractivity contribution in [2.24, 2.45) is 4.99 Å². The number of esters is 1. The molecule has 0 bridgehead atoms. The van der Waals surface area contributed by atoms with Crippen LogP contribution in [0.4, 0.5) is 0 Å². The maximum absolute atomic E-state index is 11.3. The second kappa shape index (κ2) is 3.69. The van der Waals surface area contributed by atoms with Crippen LogP contribution >= 0.6 is 0 Å². The number of rotatable bonds is 1. The van der Waals surface area contributed by atoms with Crippen LogP contribution in [-0.2, 0) is 9.53 Å². The molecule has 1 aliphatic heterocycles. The van der Waals surface area contributed by atoms with Crippen LogP contribution in [0.1, 0.15) is 18.1 Å². The van der Waals surface area contributed by atoms with Gasteiger partial charge in [-0.05, 0) is 18.6 Å². The summed E-state index contributed by atoms with van der Waals surface area (Å²) in [6.07, 6.45) is 1.73. The van der Waals surface area contributed by atoms with E-state index < -0.39 is 0 Å². The largest absolute Gasteiger partial charge is 0.407 e. The van der Waals surface area contributed by atoms with Gasteiger partial charge in [0.05, 0.1) is 0 Å². The number of carbonyl (C=O) groups excluding carboxylic acids is 1. The van der Waals surface area contributed by atoms with Crippen molar-refractivity contribution in [3.05, 3.63) is 41.1 Å². The summed E-state index contributed by atoms with van der Waals surface area (Å²) in [6, 6.07) is 7.86. The van der Waals surface area contributed by atoms with Crippen LogP contribution in [-0.4, -0.2) is 11.9 Å². The van der Waals surface area contributed by atoms with Crippen LogP contribution in [0, 0.1) is 6.92 Å². The normalized spacial score (nSPS) is 17.9. The topological polar surface area (TPSA) is 38.7 Å². The molecule has 0 saturated carbocycles. The molecule has 0 aromatic heterocycles. The van der Waals surface area contributed by atoms with Crippen LogP contribution in [0.25, 0.3) is 6.08 Å². The highest BCUT2D eigenvalue weighted by atomic mass is 16.6. The maximum Gasteiger partial charge on any atom is 0.363 e. The number of benzene rings is 1. The zero-order valence-corrected chi connectivity index (χ0v) is 8.65. The molecule has 3 heteroatoms. The number of hydrogen-bond donors (Lipinski definition) is 0. The van der Waals surface area contributed by atoms with Gasteiger partial charge >= 0.3 is 5.97 Å². The third-order valence-electron chi connectivity index (χ3n) is 2.07. The first-order valence-corrected chi connectivity index (χ1v) is 4.71. The molecule has 1 aromatic carbocycles. The molecule has 1 aromatic rings. The molecule has 0 amide bonds. The summed E-state index contributed by atoms with van der Waals surface area (Å²) in [4.78, 5) is 15.3. The third kappa shape index (κ3) is 2.13. The highest BCUT2D eigenvalue weighted by Gasteiger charge is 2.19. The first kappa shape index (κ1) is 9.65. The first-order valence-electron chi connectivity index (χ1n) is 4.71. The number of carbonyl (C=O) groups is 1. The molecule has 0 saturated heterocycles. The van der Waals surface area contributed by atoms with Crippen LogP contribution in [0.5, 0.6) is 0 Å². The number of hydrogen-bond acceptors (Lipinski definition) is 3. The number of ether oxygens (including phenoxy) is 1. The molecule has 1 aliphatic rings. The summed E-state index contributed by atoms with van der Waals surface area (Å²) in [5.74, 6) is 0.0212. The zero-order chi connectivity index (χ0) is 10.8. The maximum atomic E-state index is 11.3. The number of cyclic esters (lactones) is 1. The minimum Gasteiger partial charge on any atom is -0.407 e. The van der Waals surface area contributed by atoms with E-state index in [1.807, 2.05) is 31.2 Å². The van der Waals surface area contributed by atoms with E-state index in [0.717, 1.165) is 11.1 Å². The Morgan fingerprint density at radius 1 is 1.33 bits per heavy atom. The first-order chi connectivity index (χ1) is 7.15. The van der Waals surface area contributed by atoms with Crippen LogP contribution in [0.15, 0.2) is 35.0 Å². The van der Waals surface area contributed by atoms with Crippen molar-refractivity contribution in [1.29, 1.82) is 0 Å². The standard InChI is InChI=1S/C12H11NO2/c1-8-4-3-5-10(6-8)7-11-12(14)15-9(2)13-11/h3-7H,1-2H3/b11-7+. The molecule has 3 nitrogen and oxygen atoms in total. The summed E-state index contributed by atoms with van der Waals surface area (Å²) >= 11 is 0. The second-order valence-corrected chi connectivity index (χ2v) is 3.46. The predicted molar refractivity (Wildman–Crippen MR) is 58.4 cm³/mol. The van der Waals surface area contributed by atoms with Gasteiger partial charge in [-0.15, -0.1) is 0 Å². The number of aryl methyl sites for hydroxylation is 1. The molecule has 0 radical (unpaired) electrons. The Hall–Kier alpha value is -1.90. The van der Waals surface area contributed by atoms with Gasteiger partial charge in [0.15, 0.2) is 11.6 Å². The van der Waals surface area contributed by atoms with Gasteiger partial charge in [-0.2, -0.15) is 0 Å². The molecule has 1 heterocycles. The lowest BCUT2D eigenvalue weighted by atomic mass is 10.1. The summed E-state index contributed by atoms with van der Waals surface area (Å²) in [7, 11) is 0. The Labute approximate surface area is 88.1 Å². The fourth-order valence-electron chi connectivity index (χ4n) is 1.43. The van der Waals surface area contributed by atoms with E-state index in [1.165, 1.54) is 0 Å². The highest BCUT2D eigenvalue weighted by molar-refractivity contribution is 6.06. The van der Waals surface area contributed by atoms with Crippen LogP contribution in [0.2, 0.25) is 0 Å². The smallest absolute Gasteiger partial charge is 0.363 e. The zero-order valence-electron chi connectivity index (χ0n) is 8.65. The van der Waals surface area contributed by atoms with Gasteiger partial charge in [-0.25, -0.2) is 9.79 Å². The monoisotopic (exact) mass is 201 g/mol. The summed E-state index contributed by atoms with van der Waals surface area (Å²) in [5.41, 5.74) is 2.47. The van der Waals surface area contributed by atoms with E-state index in [0.29, 0.717) is 11.6 Å². The second-order valence-electron chi connectivity index (χ2n) is 3.46. The molecule has 76 valence electrons. The van der Waals surface area contributed by atoms with E-state index in [2.05, 4.69) is 4.99 Å². The molecule has 0 unspecified atom stereocenters. The third-order valence-corrected chi connectivity index (χ3v) is 2.07. The van der Waals surface area contributed by atoms with Crippen molar-refractivity contribution in [2.45, 2.75) is 13.8 Å². The summed E-state index contributed by atoms with van der Waals surface area (Å²) in [6.45, 7) is 3.67. The Kier molecular flexibility index (Phi) is 2.37. The summed E-state index contributed by atoms with van der Waals surface area (Å²) < 4.78 is 4.82. The van der Waals surface area contributed by atoms with Gasteiger partial charge in [0, 0.05) is 6.92 Å². The summed E-state index contributed by atoms with van der Waals surface area (Å²) in [5, 5.41) is 0. The average molecular weight is 201 g/mol. The molecule has 0 aliphatic carbocycles. The van der Waals surface area contributed by atoms with Gasteiger partial charge in [0.25, 0.3) is 0 Å². The van der Waals surface area contributed by atoms with Crippen LogP contribution < -0.4 is 0 Å². The van der Waals surface area contributed by atoms with Gasteiger partial charge in [0.2, 0.25) is 0 Å². The highest BCUT2D eigenvalue weighted by Crippen LogP contribution is 2.15. The lowest BCUT2D eigenvalue weighted by Crippen LogP contribution is -1.99. The average Bonchev–Trinajstić information content (AvgIpc) is 2.45. The van der Waals surface area contributed by atoms with Crippen LogP contribution in [0.3, 0.4) is 0 Å². The van der Waals surface area contributed by atoms with E-state index in [9.17, 15) is 4.79 Å². The SMILES string of the molecule is CC1=N/C(=C/c2cccc(C)c2)C(=O)O1. The van der Waals surface area contributed by atoms with Crippen molar-refractivity contribution in [3.63, 3.8) is 0 Å². The fourth-order valence-corrected chi connectivity index (χ4v) is 1.43. The van der Waals surface area contributed by atoms with Gasteiger partial charge in [-0.3, -0.25) is 0 Å². The lowest BCUT2D eigenvalue weighted by Gasteiger charge is -1.95. The Morgan fingerprint density at radius 2 is 2.13 bits per heavy atom. The van der Waals surface area contributed by atoms with Crippen molar-refractivity contribution in [3.8, 4) is 0 Å². The van der Waals surface area contributed by atoms with Crippen molar-refractivity contribution < 1.29 is 9.53 Å². The molecule has 0 atom stereocenters. The molecule has 0 spiro atoms. The van der Waals surface area contributed by atoms with E-state index in [1.54, 1.807) is 13.0 Å². The molecule has 15 heavy (non-hydrogen) atoms. The Morgan fingerprint density at radius 3 is 2.73 bits per heavy atom. The molecule has 0 N–H and O–H groups in total. The predicted octanol–water partition coefficient (Wildman–Crippen LogP) is 2.31. The number of aliphatic imine (C=N–C) groups is 1. The molecule has 0 fully saturated rings. The Balaban J connectivity index is 2.35.